The van der Waals surface area contributed by atoms with Gasteiger partial charge >= 0.3 is 0 Å². The molecular weight excluding hydrogens is 347 g/mol. The van der Waals surface area contributed by atoms with E-state index in [1.54, 1.807) is 23.1 Å². The van der Waals surface area contributed by atoms with Crippen LogP contribution in [0.5, 0.6) is 0 Å². The van der Waals surface area contributed by atoms with Gasteiger partial charge in [-0.2, -0.15) is 0 Å². The van der Waals surface area contributed by atoms with Crippen molar-refractivity contribution < 1.29 is 9.18 Å². The van der Waals surface area contributed by atoms with Crippen LogP contribution < -0.4 is 10.2 Å². The first-order chi connectivity index (χ1) is 13.0. The first kappa shape index (κ1) is 19.0. The summed E-state index contributed by atoms with van der Waals surface area (Å²) in [5, 5.41) is 3.20. The number of nitrogens with one attached hydrogen (secondary N) is 1. The van der Waals surface area contributed by atoms with Crippen molar-refractivity contribution >= 4 is 17.4 Å². The molecule has 1 saturated heterocycles. The molecule has 0 saturated carbocycles. The van der Waals surface area contributed by atoms with E-state index in [9.17, 15) is 9.18 Å². The lowest BCUT2D eigenvalue weighted by molar-refractivity contribution is 0.0740. The summed E-state index contributed by atoms with van der Waals surface area (Å²) in [6.07, 6.45) is 1.40. The molecule has 0 bridgehead atoms. The van der Waals surface area contributed by atoms with Gasteiger partial charge in [-0.15, -0.1) is 0 Å². The molecule has 0 radical (unpaired) electrons. The Hall–Kier alpha value is -2.74. The molecule has 27 heavy (non-hydrogen) atoms. The van der Waals surface area contributed by atoms with Crippen molar-refractivity contribution in [2.75, 3.05) is 63.6 Å². The van der Waals surface area contributed by atoms with Gasteiger partial charge in [-0.1, -0.05) is 12.1 Å². The van der Waals surface area contributed by atoms with E-state index in [0.717, 1.165) is 13.1 Å². The predicted octanol–water partition coefficient (Wildman–Crippen LogP) is 1.55. The lowest BCUT2D eigenvalue weighted by Crippen LogP contribution is -2.49. The van der Waals surface area contributed by atoms with Crippen LogP contribution in [0.15, 0.2) is 36.7 Å². The smallest absolute Gasteiger partial charge is 0.272 e. The molecule has 0 spiro atoms. The molecule has 1 aliphatic heterocycles. The standard InChI is InChI=1S/C19H25FN6O/c1-24(2)8-7-21-18-13-16(22-14-23-18)19(27)26-11-9-25(10-12-26)17-6-4-3-5-15(17)20/h3-6,13-14H,7-12H2,1-2H3,(H,21,22,23). The van der Waals surface area contributed by atoms with Crippen molar-refractivity contribution in [2.24, 2.45) is 0 Å². The monoisotopic (exact) mass is 372 g/mol. The van der Waals surface area contributed by atoms with Crippen LogP contribution in [0.1, 0.15) is 10.5 Å². The molecule has 1 amide bonds. The van der Waals surface area contributed by atoms with E-state index in [2.05, 4.69) is 20.2 Å². The van der Waals surface area contributed by atoms with E-state index < -0.39 is 0 Å². The number of benzene rings is 1. The van der Waals surface area contributed by atoms with Crippen molar-refractivity contribution in [3.8, 4) is 0 Å². The SMILES string of the molecule is CN(C)CCNc1cc(C(=O)N2CCN(c3ccccc3F)CC2)ncn1. The number of aromatic nitrogens is 2. The van der Waals surface area contributed by atoms with E-state index in [1.165, 1.54) is 12.4 Å². The number of nitrogens with zero attached hydrogens (tertiary/aromatic N) is 5. The van der Waals surface area contributed by atoms with Crippen LogP contribution >= 0.6 is 0 Å². The normalized spacial score (nSPS) is 14.5. The zero-order valence-electron chi connectivity index (χ0n) is 15.7. The molecule has 1 aromatic carbocycles. The Kier molecular flexibility index (Phi) is 6.18. The number of hydrogen-bond acceptors (Lipinski definition) is 6. The van der Waals surface area contributed by atoms with Gasteiger partial charge < -0.3 is 20.0 Å². The molecule has 2 aromatic rings. The van der Waals surface area contributed by atoms with Crippen molar-refractivity contribution in [3.05, 3.63) is 48.2 Å². The van der Waals surface area contributed by atoms with Crippen LogP contribution in [-0.4, -0.2) is 79.0 Å². The molecule has 3 rings (SSSR count). The van der Waals surface area contributed by atoms with E-state index in [-0.39, 0.29) is 11.7 Å². The minimum atomic E-state index is -0.235. The van der Waals surface area contributed by atoms with E-state index in [1.807, 2.05) is 25.1 Å². The van der Waals surface area contributed by atoms with Gasteiger partial charge in [0, 0.05) is 45.3 Å². The third-order valence-electron chi connectivity index (χ3n) is 4.51. The van der Waals surface area contributed by atoms with Crippen LogP contribution in [0.3, 0.4) is 0 Å². The molecule has 0 aliphatic carbocycles. The second kappa shape index (κ2) is 8.77. The highest BCUT2D eigenvalue weighted by Gasteiger charge is 2.24. The molecule has 1 fully saturated rings. The fraction of sp³-hybridized carbons (Fsp3) is 0.421. The predicted molar refractivity (Wildman–Crippen MR) is 104 cm³/mol. The minimum absolute atomic E-state index is 0.124. The fourth-order valence-corrected chi connectivity index (χ4v) is 3.00. The second-order valence-corrected chi connectivity index (χ2v) is 6.75. The third kappa shape index (κ3) is 4.91. The summed E-state index contributed by atoms with van der Waals surface area (Å²) < 4.78 is 13.9. The highest BCUT2D eigenvalue weighted by molar-refractivity contribution is 5.93. The van der Waals surface area contributed by atoms with Gasteiger partial charge in [0.2, 0.25) is 0 Å². The number of para-hydroxylation sites is 1. The summed E-state index contributed by atoms with van der Waals surface area (Å²) >= 11 is 0. The summed E-state index contributed by atoms with van der Waals surface area (Å²) in [7, 11) is 4.00. The number of rotatable bonds is 6. The maximum atomic E-state index is 13.9. The largest absolute Gasteiger partial charge is 0.369 e. The summed E-state index contributed by atoms with van der Waals surface area (Å²) in [5.74, 6) is 0.281. The van der Waals surface area contributed by atoms with Crippen molar-refractivity contribution in [3.63, 3.8) is 0 Å². The number of amides is 1. The van der Waals surface area contributed by atoms with Crippen molar-refractivity contribution in [1.29, 1.82) is 0 Å². The van der Waals surface area contributed by atoms with Crippen molar-refractivity contribution in [1.82, 2.24) is 19.8 Å². The molecule has 144 valence electrons. The zero-order valence-corrected chi connectivity index (χ0v) is 15.7. The Morgan fingerprint density at radius 1 is 1.19 bits per heavy atom. The van der Waals surface area contributed by atoms with Gasteiger partial charge in [-0.05, 0) is 26.2 Å². The van der Waals surface area contributed by atoms with Gasteiger partial charge in [-0.3, -0.25) is 4.79 Å². The van der Waals surface area contributed by atoms with E-state index in [0.29, 0.717) is 43.4 Å². The molecule has 8 heteroatoms. The van der Waals surface area contributed by atoms with E-state index in [4.69, 9.17) is 0 Å². The number of piperazine rings is 1. The maximum Gasteiger partial charge on any atom is 0.272 e. The number of halogens is 1. The number of carbonyl (C=O) groups excluding carboxylic acids is 1. The van der Waals surface area contributed by atoms with Crippen molar-refractivity contribution in [2.45, 2.75) is 0 Å². The maximum absolute atomic E-state index is 13.9. The average molecular weight is 372 g/mol. The van der Waals surface area contributed by atoms with Gasteiger partial charge in [0.05, 0.1) is 5.69 Å². The Bertz CT molecular complexity index is 776. The molecular formula is C19H25FN6O. The molecule has 7 nitrogen and oxygen atoms in total. The highest BCUT2D eigenvalue weighted by atomic mass is 19.1. The number of carbonyl (C=O) groups is 1. The van der Waals surface area contributed by atoms with Crippen LogP contribution in [0.25, 0.3) is 0 Å². The van der Waals surface area contributed by atoms with Gasteiger partial charge in [-0.25, -0.2) is 14.4 Å². The third-order valence-corrected chi connectivity index (χ3v) is 4.51. The number of anilines is 2. The van der Waals surface area contributed by atoms with Crippen LogP contribution in [-0.2, 0) is 0 Å². The number of likely N-dealkylation sites (N-methyl/N-ethyl adjacent to an activating group) is 1. The van der Waals surface area contributed by atoms with Gasteiger partial charge in [0.15, 0.2) is 0 Å². The highest BCUT2D eigenvalue weighted by Crippen LogP contribution is 2.20. The lowest BCUT2D eigenvalue weighted by Gasteiger charge is -2.36. The first-order valence-electron chi connectivity index (χ1n) is 9.04. The topological polar surface area (TPSA) is 64.6 Å². The summed E-state index contributed by atoms with van der Waals surface area (Å²) in [6, 6.07) is 8.41. The fourth-order valence-electron chi connectivity index (χ4n) is 3.00. The summed E-state index contributed by atoms with van der Waals surface area (Å²) in [4.78, 5) is 26.8. The molecule has 1 N–H and O–H groups in total. The zero-order chi connectivity index (χ0) is 19.2. The first-order valence-corrected chi connectivity index (χ1v) is 9.04. The average Bonchev–Trinajstić information content (AvgIpc) is 2.68. The Balaban J connectivity index is 1.58. The quantitative estimate of drug-likeness (QED) is 0.830. The Morgan fingerprint density at radius 2 is 1.93 bits per heavy atom. The molecule has 0 atom stereocenters. The Morgan fingerprint density at radius 3 is 2.63 bits per heavy atom. The second-order valence-electron chi connectivity index (χ2n) is 6.75. The molecule has 1 aliphatic rings. The van der Waals surface area contributed by atoms with Crippen LogP contribution in [0.4, 0.5) is 15.9 Å². The van der Waals surface area contributed by atoms with Crippen LogP contribution in [0.2, 0.25) is 0 Å². The number of hydrogen-bond donors (Lipinski definition) is 1. The summed E-state index contributed by atoms with van der Waals surface area (Å²) in [5.41, 5.74) is 0.954. The van der Waals surface area contributed by atoms with Gasteiger partial charge in [0.1, 0.15) is 23.7 Å². The van der Waals surface area contributed by atoms with E-state index >= 15 is 0 Å². The van der Waals surface area contributed by atoms with Gasteiger partial charge in [0.25, 0.3) is 5.91 Å². The van der Waals surface area contributed by atoms with Crippen LogP contribution in [0, 0.1) is 5.82 Å². The molecule has 1 aromatic heterocycles. The minimum Gasteiger partial charge on any atom is -0.369 e. The summed E-state index contributed by atoms with van der Waals surface area (Å²) in [6.45, 7) is 3.84. The Labute approximate surface area is 158 Å². The molecule has 2 heterocycles. The lowest BCUT2D eigenvalue weighted by atomic mass is 10.2. The molecule has 0 unspecified atom stereocenters.